The number of piperazine rings is 1. The number of carbonyl (C=O) groups is 1. The molecule has 1 amide bonds. The zero-order valence-electron chi connectivity index (χ0n) is 19.8. The smallest absolute Gasteiger partial charge is 0.222 e. The predicted octanol–water partition coefficient (Wildman–Crippen LogP) is 4.11. The van der Waals surface area contributed by atoms with Crippen LogP contribution in [0, 0.1) is 5.92 Å². The lowest BCUT2D eigenvalue weighted by molar-refractivity contribution is -0.134. The van der Waals surface area contributed by atoms with Gasteiger partial charge in [0.05, 0.1) is 7.11 Å². The highest BCUT2D eigenvalue weighted by Crippen LogP contribution is 2.23. The highest BCUT2D eigenvalue weighted by Gasteiger charge is 2.26. The van der Waals surface area contributed by atoms with Gasteiger partial charge in [-0.3, -0.25) is 9.69 Å². The Bertz CT molecular complexity index is 847. The number of halogens is 1. The van der Waals surface area contributed by atoms with Gasteiger partial charge in [-0.25, -0.2) is 0 Å². The van der Waals surface area contributed by atoms with Crippen molar-refractivity contribution in [3.63, 3.8) is 0 Å². The first-order valence-electron chi connectivity index (χ1n) is 12.1. The van der Waals surface area contributed by atoms with Gasteiger partial charge in [0.2, 0.25) is 5.91 Å². The molecule has 0 radical (unpaired) electrons. The van der Waals surface area contributed by atoms with Gasteiger partial charge in [0.1, 0.15) is 5.75 Å². The number of rotatable bonds is 8. The van der Waals surface area contributed by atoms with Crippen molar-refractivity contribution in [1.29, 1.82) is 0 Å². The minimum atomic E-state index is 0. The van der Waals surface area contributed by atoms with Gasteiger partial charge >= 0.3 is 0 Å². The molecule has 2 aromatic rings. The number of amides is 1. The molecule has 0 bridgehead atoms. The van der Waals surface area contributed by atoms with Crippen molar-refractivity contribution in [2.75, 3.05) is 52.9 Å². The highest BCUT2D eigenvalue weighted by molar-refractivity contribution is 5.85. The van der Waals surface area contributed by atoms with Crippen LogP contribution in [0.5, 0.6) is 5.75 Å². The van der Waals surface area contributed by atoms with Crippen LogP contribution in [0.2, 0.25) is 0 Å². The third kappa shape index (κ3) is 7.46. The van der Waals surface area contributed by atoms with E-state index in [2.05, 4.69) is 57.2 Å². The van der Waals surface area contributed by atoms with Crippen molar-refractivity contribution >= 4 is 18.3 Å². The maximum absolute atomic E-state index is 12.9. The van der Waals surface area contributed by atoms with E-state index < -0.39 is 0 Å². The Morgan fingerprint density at radius 3 is 2.24 bits per heavy atom. The van der Waals surface area contributed by atoms with Gasteiger partial charge in [-0.15, -0.1) is 12.4 Å². The number of hydrogen-bond acceptors (Lipinski definition) is 4. The van der Waals surface area contributed by atoms with Gasteiger partial charge in [0.15, 0.2) is 0 Å². The van der Waals surface area contributed by atoms with Gasteiger partial charge in [0.25, 0.3) is 0 Å². The van der Waals surface area contributed by atoms with Gasteiger partial charge in [-0.05, 0) is 49.9 Å². The summed E-state index contributed by atoms with van der Waals surface area (Å²) in [7, 11) is 1.73. The van der Waals surface area contributed by atoms with Crippen LogP contribution in [-0.4, -0.2) is 73.5 Å². The van der Waals surface area contributed by atoms with Gasteiger partial charge in [0, 0.05) is 51.3 Å². The molecule has 0 spiro atoms. The van der Waals surface area contributed by atoms with Crippen molar-refractivity contribution in [1.82, 2.24) is 14.7 Å². The first kappa shape index (κ1) is 25.5. The minimum absolute atomic E-state index is 0. The van der Waals surface area contributed by atoms with E-state index in [0.717, 1.165) is 83.8 Å². The molecular weight excluding hydrogens is 434 g/mol. The molecular formula is C27H38ClN3O2. The summed E-state index contributed by atoms with van der Waals surface area (Å²) in [5.41, 5.74) is 2.63. The standard InChI is InChI=1S/C27H37N3O2.ClH/c1-32-26-10-6-5-9-25(26)22-29-17-19-30(20-18-29)27(31)21-24-12-15-28(16-13-24)14-11-23-7-3-2-4-8-23;/h2-10,24H,11-22H2,1H3;1H. The van der Waals surface area contributed by atoms with E-state index in [9.17, 15) is 4.79 Å². The Labute approximate surface area is 205 Å². The number of benzene rings is 2. The van der Waals surface area contributed by atoms with E-state index in [1.165, 1.54) is 11.1 Å². The fourth-order valence-corrected chi connectivity index (χ4v) is 4.95. The fraction of sp³-hybridized carbons (Fsp3) is 0.519. The second-order valence-electron chi connectivity index (χ2n) is 9.19. The zero-order valence-corrected chi connectivity index (χ0v) is 20.6. The number of carbonyl (C=O) groups excluding carboxylic acids is 1. The van der Waals surface area contributed by atoms with E-state index in [4.69, 9.17) is 4.74 Å². The van der Waals surface area contributed by atoms with Crippen LogP contribution in [0.3, 0.4) is 0 Å². The van der Waals surface area contributed by atoms with E-state index in [0.29, 0.717) is 11.8 Å². The second-order valence-corrected chi connectivity index (χ2v) is 9.19. The number of ether oxygens (including phenoxy) is 1. The second kappa shape index (κ2) is 13.0. The van der Waals surface area contributed by atoms with Crippen LogP contribution in [0.15, 0.2) is 54.6 Å². The number of para-hydroxylation sites is 1. The van der Waals surface area contributed by atoms with Crippen LogP contribution < -0.4 is 4.74 Å². The molecule has 2 aliphatic heterocycles. The summed E-state index contributed by atoms with van der Waals surface area (Å²) >= 11 is 0. The Hall–Kier alpha value is -2.08. The molecule has 4 rings (SSSR count). The van der Waals surface area contributed by atoms with Crippen molar-refractivity contribution in [2.24, 2.45) is 5.92 Å². The van der Waals surface area contributed by atoms with Gasteiger partial charge < -0.3 is 14.5 Å². The molecule has 2 aromatic carbocycles. The summed E-state index contributed by atoms with van der Waals surface area (Å²) in [6.07, 6.45) is 4.13. The average Bonchev–Trinajstić information content (AvgIpc) is 2.85. The molecule has 0 unspecified atom stereocenters. The van der Waals surface area contributed by atoms with E-state index in [-0.39, 0.29) is 12.4 Å². The van der Waals surface area contributed by atoms with Crippen LogP contribution >= 0.6 is 12.4 Å². The summed E-state index contributed by atoms with van der Waals surface area (Å²) in [5, 5.41) is 0. The molecule has 2 fully saturated rings. The average molecular weight is 472 g/mol. The van der Waals surface area contributed by atoms with Crippen LogP contribution in [-0.2, 0) is 17.8 Å². The molecule has 0 aromatic heterocycles. The summed E-state index contributed by atoms with van der Waals surface area (Å²) in [6.45, 7) is 7.79. The summed E-state index contributed by atoms with van der Waals surface area (Å²) in [5.74, 6) is 1.84. The summed E-state index contributed by atoms with van der Waals surface area (Å²) < 4.78 is 5.48. The van der Waals surface area contributed by atoms with Gasteiger partial charge in [-0.2, -0.15) is 0 Å². The molecule has 33 heavy (non-hydrogen) atoms. The third-order valence-corrected chi connectivity index (χ3v) is 7.04. The maximum Gasteiger partial charge on any atom is 0.222 e. The third-order valence-electron chi connectivity index (χ3n) is 7.04. The van der Waals surface area contributed by atoms with Crippen molar-refractivity contribution < 1.29 is 9.53 Å². The van der Waals surface area contributed by atoms with Crippen LogP contribution in [0.4, 0.5) is 0 Å². The molecule has 2 saturated heterocycles. The number of hydrogen-bond donors (Lipinski definition) is 0. The minimum Gasteiger partial charge on any atom is -0.496 e. The lowest BCUT2D eigenvalue weighted by Crippen LogP contribution is -2.49. The number of nitrogens with zero attached hydrogens (tertiary/aromatic N) is 3. The Kier molecular flexibility index (Phi) is 10.0. The molecule has 0 aliphatic carbocycles. The quantitative estimate of drug-likeness (QED) is 0.580. The Morgan fingerprint density at radius 1 is 0.879 bits per heavy atom. The first-order chi connectivity index (χ1) is 15.7. The maximum atomic E-state index is 12.9. The summed E-state index contributed by atoms with van der Waals surface area (Å²) in [4.78, 5) is 20.0. The molecule has 6 heteroatoms. The lowest BCUT2D eigenvalue weighted by atomic mass is 9.92. The molecule has 5 nitrogen and oxygen atoms in total. The lowest BCUT2D eigenvalue weighted by Gasteiger charge is -2.37. The van der Waals surface area contributed by atoms with E-state index in [1.54, 1.807) is 7.11 Å². The molecule has 0 saturated carbocycles. The molecule has 2 heterocycles. The van der Waals surface area contributed by atoms with E-state index >= 15 is 0 Å². The van der Waals surface area contributed by atoms with Crippen molar-refractivity contribution in [3.8, 4) is 5.75 Å². The Morgan fingerprint density at radius 2 is 1.55 bits per heavy atom. The fourth-order valence-electron chi connectivity index (χ4n) is 4.95. The molecule has 180 valence electrons. The highest BCUT2D eigenvalue weighted by atomic mass is 35.5. The first-order valence-corrected chi connectivity index (χ1v) is 12.1. The summed E-state index contributed by atoms with van der Waals surface area (Å²) in [6, 6.07) is 18.9. The molecule has 2 aliphatic rings. The number of piperidine rings is 1. The van der Waals surface area contributed by atoms with Crippen LogP contribution in [0.25, 0.3) is 0 Å². The van der Waals surface area contributed by atoms with Crippen LogP contribution in [0.1, 0.15) is 30.4 Å². The SMILES string of the molecule is COc1ccccc1CN1CCN(C(=O)CC2CCN(CCc3ccccc3)CC2)CC1.Cl. The monoisotopic (exact) mass is 471 g/mol. The number of methoxy groups -OCH3 is 1. The van der Waals surface area contributed by atoms with E-state index in [1.807, 2.05) is 12.1 Å². The number of likely N-dealkylation sites (tertiary alicyclic amines) is 1. The zero-order chi connectivity index (χ0) is 22.2. The normalized spacial score (nSPS) is 18.0. The van der Waals surface area contributed by atoms with Gasteiger partial charge in [-0.1, -0.05) is 48.5 Å². The van der Waals surface area contributed by atoms with Crippen molar-refractivity contribution in [3.05, 3.63) is 65.7 Å². The topological polar surface area (TPSA) is 36.0 Å². The predicted molar refractivity (Wildman–Crippen MR) is 136 cm³/mol. The largest absolute Gasteiger partial charge is 0.496 e. The Balaban J connectivity index is 0.00000306. The van der Waals surface area contributed by atoms with Crippen molar-refractivity contribution in [2.45, 2.75) is 32.2 Å². The molecule has 0 N–H and O–H groups in total. The molecule has 0 atom stereocenters.